The number of hydrogen-bond donors (Lipinski definition) is 0. The monoisotopic (exact) mass is 303 g/mol. The van der Waals surface area contributed by atoms with Gasteiger partial charge in [-0.15, -0.1) is 0 Å². The Balaban J connectivity index is 2.03. The van der Waals surface area contributed by atoms with Crippen LogP contribution in [0.5, 0.6) is 0 Å². The Kier molecular flexibility index (Phi) is 4.81. The molecule has 0 atom stereocenters. The van der Waals surface area contributed by atoms with Crippen molar-refractivity contribution in [1.82, 2.24) is 14.7 Å². The van der Waals surface area contributed by atoms with Gasteiger partial charge >= 0.3 is 0 Å². The molecule has 1 heterocycles. The fourth-order valence-electron chi connectivity index (χ4n) is 1.93. The number of amides is 1. The molecule has 21 heavy (non-hydrogen) atoms. The molecule has 0 saturated heterocycles. The maximum Gasteiger partial charge on any atom is 0.246 e. The molecule has 5 heteroatoms. The lowest BCUT2D eigenvalue weighted by molar-refractivity contribution is -0.125. The molecule has 0 spiro atoms. The summed E-state index contributed by atoms with van der Waals surface area (Å²) in [7, 11) is 3.66. The van der Waals surface area contributed by atoms with E-state index in [9.17, 15) is 4.79 Å². The van der Waals surface area contributed by atoms with Gasteiger partial charge in [-0.1, -0.05) is 29.8 Å². The van der Waals surface area contributed by atoms with E-state index in [1.54, 1.807) is 35.0 Å². The van der Waals surface area contributed by atoms with E-state index < -0.39 is 0 Å². The zero-order valence-electron chi connectivity index (χ0n) is 12.4. The number of hydrogen-bond acceptors (Lipinski definition) is 2. The minimum absolute atomic E-state index is 0.0711. The van der Waals surface area contributed by atoms with Gasteiger partial charge in [0.05, 0.1) is 6.20 Å². The van der Waals surface area contributed by atoms with E-state index in [0.717, 1.165) is 16.8 Å². The van der Waals surface area contributed by atoms with Crippen molar-refractivity contribution in [3.8, 4) is 0 Å². The molecule has 0 fully saturated rings. The highest BCUT2D eigenvalue weighted by Crippen LogP contribution is 2.16. The number of aromatic nitrogens is 2. The molecule has 0 aliphatic rings. The number of halogens is 1. The van der Waals surface area contributed by atoms with Gasteiger partial charge in [-0.2, -0.15) is 5.10 Å². The van der Waals surface area contributed by atoms with Gasteiger partial charge in [0.15, 0.2) is 0 Å². The third-order valence-electron chi connectivity index (χ3n) is 3.43. The number of carbonyl (C=O) groups excluding carboxylic acids is 1. The number of nitrogens with zero attached hydrogens (tertiary/aromatic N) is 3. The van der Waals surface area contributed by atoms with Crippen LogP contribution in [0.4, 0.5) is 0 Å². The van der Waals surface area contributed by atoms with Crippen LogP contribution in [0.1, 0.15) is 16.8 Å². The standard InChI is InChI=1S/C16H18ClN3O/c1-12-14(10-18-20(12)3)11-19(2)16(21)9-8-13-6-4-5-7-15(13)17/h4-10H,11H2,1-3H3/b9-8+. The Bertz CT molecular complexity index is 676. The summed E-state index contributed by atoms with van der Waals surface area (Å²) in [6, 6.07) is 7.42. The molecule has 0 unspecified atom stereocenters. The summed E-state index contributed by atoms with van der Waals surface area (Å²) in [5, 5.41) is 4.81. The second kappa shape index (κ2) is 6.59. The normalized spacial score (nSPS) is 11.0. The number of rotatable bonds is 4. The van der Waals surface area contributed by atoms with Gasteiger partial charge in [-0.3, -0.25) is 9.48 Å². The first-order valence-corrected chi connectivity index (χ1v) is 7.02. The zero-order chi connectivity index (χ0) is 15.4. The first-order chi connectivity index (χ1) is 9.99. The number of likely N-dealkylation sites (N-methyl/N-ethyl adjacent to an activating group) is 1. The Hall–Kier alpha value is -2.07. The lowest BCUT2D eigenvalue weighted by atomic mass is 10.2. The largest absolute Gasteiger partial charge is 0.338 e. The molecule has 2 rings (SSSR count). The third-order valence-corrected chi connectivity index (χ3v) is 3.78. The number of benzene rings is 1. The van der Waals surface area contributed by atoms with Crippen molar-refractivity contribution in [2.75, 3.05) is 7.05 Å². The highest BCUT2D eigenvalue weighted by Gasteiger charge is 2.10. The SMILES string of the molecule is Cc1c(CN(C)C(=O)/C=C/c2ccccc2Cl)cnn1C. The van der Waals surface area contributed by atoms with Crippen LogP contribution in [-0.2, 0) is 18.4 Å². The van der Waals surface area contributed by atoms with Gasteiger partial charge in [-0.05, 0) is 24.6 Å². The highest BCUT2D eigenvalue weighted by atomic mass is 35.5. The van der Waals surface area contributed by atoms with Crippen molar-refractivity contribution >= 4 is 23.6 Å². The zero-order valence-corrected chi connectivity index (χ0v) is 13.1. The Morgan fingerprint density at radius 2 is 2.14 bits per heavy atom. The molecule has 0 radical (unpaired) electrons. The highest BCUT2D eigenvalue weighted by molar-refractivity contribution is 6.32. The quantitative estimate of drug-likeness (QED) is 0.814. The predicted octanol–water partition coefficient (Wildman–Crippen LogP) is 3.05. The number of carbonyl (C=O) groups is 1. The average Bonchev–Trinajstić information content (AvgIpc) is 2.78. The smallest absolute Gasteiger partial charge is 0.246 e. The lowest BCUT2D eigenvalue weighted by Gasteiger charge is -2.14. The molecule has 2 aromatic rings. The Labute approximate surface area is 129 Å². The van der Waals surface area contributed by atoms with Crippen LogP contribution >= 0.6 is 11.6 Å². The van der Waals surface area contributed by atoms with E-state index in [4.69, 9.17) is 11.6 Å². The molecule has 1 aromatic heterocycles. The van der Waals surface area contributed by atoms with Gasteiger partial charge in [0.2, 0.25) is 5.91 Å². The molecule has 1 aromatic carbocycles. The maximum absolute atomic E-state index is 12.1. The molecule has 0 aliphatic carbocycles. The van der Waals surface area contributed by atoms with Crippen molar-refractivity contribution in [3.05, 3.63) is 58.4 Å². The van der Waals surface area contributed by atoms with Crippen molar-refractivity contribution in [2.24, 2.45) is 7.05 Å². The maximum atomic E-state index is 12.1. The van der Waals surface area contributed by atoms with E-state index in [1.807, 2.05) is 32.2 Å². The summed E-state index contributed by atoms with van der Waals surface area (Å²) in [5.74, 6) is -0.0711. The third kappa shape index (κ3) is 3.73. The van der Waals surface area contributed by atoms with Crippen LogP contribution in [0, 0.1) is 6.92 Å². The van der Waals surface area contributed by atoms with E-state index in [-0.39, 0.29) is 5.91 Å². The molecule has 0 N–H and O–H groups in total. The summed E-state index contributed by atoms with van der Waals surface area (Å²) < 4.78 is 1.80. The second-order valence-electron chi connectivity index (χ2n) is 4.93. The van der Waals surface area contributed by atoms with Crippen LogP contribution in [0.25, 0.3) is 6.08 Å². The Morgan fingerprint density at radius 3 is 2.76 bits per heavy atom. The summed E-state index contributed by atoms with van der Waals surface area (Å²) in [4.78, 5) is 13.8. The Morgan fingerprint density at radius 1 is 1.43 bits per heavy atom. The van der Waals surface area contributed by atoms with E-state index in [1.165, 1.54) is 6.08 Å². The van der Waals surface area contributed by atoms with Crippen LogP contribution in [0.2, 0.25) is 5.02 Å². The first-order valence-electron chi connectivity index (χ1n) is 6.64. The minimum Gasteiger partial charge on any atom is -0.338 e. The molecule has 0 saturated carbocycles. The van der Waals surface area contributed by atoms with Crippen LogP contribution in [-0.4, -0.2) is 27.6 Å². The van der Waals surface area contributed by atoms with E-state index in [2.05, 4.69) is 5.10 Å². The molecule has 1 amide bonds. The van der Waals surface area contributed by atoms with Gasteiger partial charge in [0.1, 0.15) is 0 Å². The molecule has 0 bridgehead atoms. The van der Waals surface area contributed by atoms with Crippen molar-refractivity contribution < 1.29 is 4.79 Å². The summed E-state index contributed by atoms with van der Waals surface area (Å²) in [6.07, 6.45) is 5.06. The van der Waals surface area contributed by atoms with Crippen LogP contribution in [0.3, 0.4) is 0 Å². The van der Waals surface area contributed by atoms with Crippen molar-refractivity contribution in [2.45, 2.75) is 13.5 Å². The van der Waals surface area contributed by atoms with Crippen LogP contribution in [0.15, 0.2) is 36.5 Å². The van der Waals surface area contributed by atoms with Gasteiger partial charge < -0.3 is 4.90 Å². The minimum atomic E-state index is -0.0711. The average molecular weight is 304 g/mol. The second-order valence-corrected chi connectivity index (χ2v) is 5.34. The van der Waals surface area contributed by atoms with E-state index >= 15 is 0 Å². The summed E-state index contributed by atoms with van der Waals surface area (Å²) >= 11 is 6.05. The van der Waals surface area contributed by atoms with Gasteiger partial charge in [-0.25, -0.2) is 0 Å². The van der Waals surface area contributed by atoms with Crippen molar-refractivity contribution in [3.63, 3.8) is 0 Å². The fourth-order valence-corrected chi connectivity index (χ4v) is 2.13. The molecule has 110 valence electrons. The van der Waals surface area contributed by atoms with Gasteiger partial charge in [0, 0.05) is 43.0 Å². The van der Waals surface area contributed by atoms with Crippen LogP contribution < -0.4 is 0 Å². The predicted molar refractivity (Wildman–Crippen MR) is 84.9 cm³/mol. The summed E-state index contributed by atoms with van der Waals surface area (Å²) in [6.45, 7) is 2.52. The molecule has 0 aliphatic heterocycles. The van der Waals surface area contributed by atoms with Crippen molar-refractivity contribution in [1.29, 1.82) is 0 Å². The molecular weight excluding hydrogens is 286 g/mol. The summed E-state index contributed by atoms with van der Waals surface area (Å²) in [5.41, 5.74) is 2.93. The topological polar surface area (TPSA) is 38.1 Å². The fraction of sp³-hybridized carbons (Fsp3) is 0.250. The molecular formula is C16H18ClN3O. The van der Waals surface area contributed by atoms with Gasteiger partial charge in [0.25, 0.3) is 0 Å². The first kappa shape index (κ1) is 15.3. The molecule has 4 nitrogen and oxygen atoms in total. The number of aryl methyl sites for hydroxylation is 1. The lowest BCUT2D eigenvalue weighted by Crippen LogP contribution is -2.24. The van der Waals surface area contributed by atoms with E-state index in [0.29, 0.717) is 11.6 Å².